The summed E-state index contributed by atoms with van der Waals surface area (Å²) in [7, 11) is 0. The molecule has 4 nitrogen and oxygen atoms in total. The Hall–Kier alpha value is -1.88. The van der Waals surface area contributed by atoms with E-state index in [1.807, 2.05) is 42.5 Å². The average Bonchev–Trinajstić information content (AvgIpc) is 2.65. The molecule has 0 spiro atoms. The summed E-state index contributed by atoms with van der Waals surface area (Å²) in [4.78, 5) is 14.8. The molecule has 0 aromatic heterocycles. The number of carbonyl (C=O) groups excluding carboxylic acids is 1. The zero-order valence-corrected chi connectivity index (χ0v) is 15.0. The van der Waals surface area contributed by atoms with Crippen LogP contribution < -0.4 is 11.1 Å². The molecule has 2 aromatic carbocycles. The van der Waals surface area contributed by atoms with Gasteiger partial charge in [-0.25, -0.2) is 0 Å². The monoisotopic (exact) mass is 357 g/mol. The lowest BCUT2D eigenvalue weighted by Crippen LogP contribution is -2.46. The molecule has 0 saturated carbocycles. The largest absolute Gasteiger partial charge is 0.352 e. The van der Waals surface area contributed by atoms with Gasteiger partial charge in [0.1, 0.15) is 6.04 Å². The normalized spacial score (nSPS) is 17.2. The standard InChI is InChI=1S/C20H24ClN3O/c21-17-8-6-15(7-9-17)14-24-12-10-18(11-13-24)23-20(25)19(22)16-4-2-1-3-5-16/h1-9,18-19H,10-14,22H2,(H,23,25). The molecule has 132 valence electrons. The van der Waals surface area contributed by atoms with Gasteiger partial charge >= 0.3 is 0 Å². The van der Waals surface area contributed by atoms with Crippen LogP contribution in [0.15, 0.2) is 54.6 Å². The highest BCUT2D eigenvalue weighted by Gasteiger charge is 2.23. The molecule has 25 heavy (non-hydrogen) atoms. The number of rotatable bonds is 5. The van der Waals surface area contributed by atoms with Crippen molar-refractivity contribution < 1.29 is 4.79 Å². The highest BCUT2D eigenvalue weighted by molar-refractivity contribution is 6.30. The molecule has 2 aromatic rings. The summed E-state index contributed by atoms with van der Waals surface area (Å²) in [6.45, 7) is 2.85. The molecule has 0 radical (unpaired) electrons. The lowest BCUT2D eigenvalue weighted by Gasteiger charge is -2.32. The van der Waals surface area contributed by atoms with Crippen LogP contribution in [-0.2, 0) is 11.3 Å². The van der Waals surface area contributed by atoms with Gasteiger partial charge in [-0.1, -0.05) is 54.1 Å². The van der Waals surface area contributed by atoms with E-state index in [0.717, 1.165) is 43.1 Å². The highest BCUT2D eigenvalue weighted by Crippen LogP contribution is 2.17. The van der Waals surface area contributed by atoms with Crippen molar-refractivity contribution in [2.24, 2.45) is 5.73 Å². The Labute approximate surface area is 154 Å². The van der Waals surface area contributed by atoms with Gasteiger partial charge in [-0.15, -0.1) is 0 Å². The molecule has 1 aliphatic rings. The Morgan fingerprint density at radius 1 is 1.12 bits per heavy atom. The Kier molecular flexibility index (Phi) is 6.08. The van der Waals surface area contributed by atoms with Crippen LogP contribution in [0.5, 0.6) is 0 Å². The summed E-state index contributed by atoms with van der Waals surface area (Å²) in [5, 5.41) is 3.86. The van der Waals surface area contributed by atoms with Crippen LogP contribution in [0, 0.1) is 0 Å². The van der Waals surface area contributed by atoms with Crippen molar-refractivity contribution >= 4 is 17.5 Å². The van der Waals surface area contributed by atoms with Crippen LogP contribution >= 0.6 is 11.6 Å². The molecule has 3 N–H and O–H groups in total. The van der Waals surface area contributed by atoms with Gasteiger partial charge in [0.2, 0.25) is 5.91 Å². The lowest BCUT2D eigenvalue weighted by molar-refractivity contribution is -0.123. The number of likely N-dealkylation sites (tertiary alicyclic amines) is 1. The zero-order chi connectivity index (χ0) is 17.6. The smallest absolute Gasteiger partial charge is 0.241 e. The van der Waals surface area contributed by atoms with Crippen molar-refractivity contribution in [2.75, 3.05) is 13.1 Å². The van der Waals surface area contributed by atoms with Crippen molar-refractivity contribution in [1.82, 2.24) is 10.2 Å². The van der Waals surface area contributed by atoms with Gasteiger partial charge in [0.05, 0.1) is 0 Å². The first-order valence-corrected chi connectivity index (χ1v) is 9.07. The molecule has 1 saturated heterocycles. The van der Waals surface area contributed by atoms with Crippen molar-refractivity contribution in [1.29, 1.82) is 0 Å². The summed E-state index contributed by atoms with van der Waals surface area (Å²) < 4.78 is 0. The van der Waals surface area contributed by atoms with Gasteiger partial charge in [-0.3, -0.25) is 9.69 Å². The van der Waals surface area contributed by atoms with Crippen LogP contribution in [0.25, 0.3) is 0 Å². The Balaban J connectivity index is 1.46. The second-order valence-electron chi connectivity index (χ2n) is 6.57. The SMILES string of the molecule is NC(C(=O)NC1CCN(Cc2ccc(Cl)cc2)CC1)c1ccccc1. The number of nitrogens with one attached hydrogen (secondary N) is 1. The average molecular weight is 358 g/mol. The number of benzene rings is 2. The maximum Gasteiger partial charge on any atom is 0.241 e. The molecule has 1 fully saturated rings. The predicted octanol–water partition coefficient (Wildman–Crippen LogP) is 3.12. The van der Waals surface area contributed by atoms with Gasteiger partial charge in [-0.2, -0.15) is 0 Å². The topological polar surface area (TPSA) is 58.4 Å². The number of amides is 1. The third-order valence-corrected chi connectivity index (χ3v) is 4.95. The fourth-order valence-corrected chi connectivity index (χ4v) is 3.31. The Morgan fingerprint density at radius 3 is 2.40 bits per heavy atom. The van der Waals surface area contributed by atoms with E-state index in [0.29, 0.717) is 0 Å². The molecule has 0 bridgehead atoms. The van der Waals surface area contributed by atoms with E-state index in [-0.39, 0.29) is 11.9 Å². The van der Waals surface area contributed by atoms with Crippen LogP contribution in [-0.4, -0.2) is 29.9 Å². The molecular formula is C20H24ClN3O. The van der Waals surface area contributed by atoms with Crippen LogP contribution in [0.4, 0.5) is 0 Å². The quantitative estimate of drug-likeness (QED) is 0.864. The van der Waals surface area contributed by atoms with E-state index in [1.54, 1.807) is 0 Å². The lowest BCUT2D eigenvalue weighted by atomic mass is 10.0. The molecule has 1 amide bonds. The van der Waals surface area contributed by atoms with E-state index in [9.17, 15) is 4.79 Å². The van der Waals surface area contributed by atoms with Gasteiger partial charge in [0, 0.05) is 30.7 Å². The summed E-state index contributed by atoms with van der Waals surface area (Å²) in [6.07, 6.45) is 1.89. The maximum absolute atomic E-state index is 12.4. The minimum atomic E-state index is -0.603. The van der Waals surface area contributed by atoms with E-state index in [1.165, 1.54) is 5.56 Å². The fourth-order valence-electron chi connectivity index (χ4n) is 3.19. The number of carbonyl (C=O) groups is 1. The number of piperidine rings is 1. The summed E-state index contributed by atoms with van der Waals surface area (Å²) in [6, 6.07) is 17.1. The molecule has 0 aliphatic carbocycles. The van der Waals surface area contributed by atoms with E-state index in [4.69, 9.17) is 17.3 Å². The number of halogens is 1. The van der Waals surface area contributed by atoms with Crippen LogP contribution in [0.3, 0.4) is 0 Å². The summed E-state index contributed by atoms with van der Waals surface area (Å²) >= 11 is 5.93. The minimum absolute atomic E-state index is 0.0950. The fraction of sp³-hybridized carbons (Fsp3) is 0.350. The molecule has 1 atom stereocenters. The zero-order valence-electron chi connectivity index (χ0n) is 14.2. The first-order chi connectivity index (χ1) is 12.1. The molecule has 1 unspecified atom stereocenters. The molecule has 3 rings (SSSR count). The van der Waals surface area contributed by atoms with Crippen molar-refractivity contribution in [3.63, 3.8) is 0 Å². The van der Waals surface area contributed by atoms with Crippen LogP contribution in [0.1, 0.15) is 30.0 Å². The van der Waals surface area contributed by atoms with Crippen molar-refractivity contribution in [2.45, 2.75) is 31.5 Å². The van der Waals surface area contributed by atoms with Crippen molar-refractivity contribution in [3.05, 3.63) is 70.7 Å². The van der Waals surface area contributed by atoms with E-state index < -0.39 is 6.04 Å². The predicted molar refractivity (Wildman–Crippen MR) is 101 cm³/mol. The first kappa shape index (κ1) is 17.9. The number of nitrogens with two attached hydrogens (primary N) is 1. The second-order valence-corrected chi connectivity index (χ2v) is 7.01. The van der Waals surface area contributed by atoms with Crippen molar-refractivity contribution in [3.8, 4) is 0 Å². The Morgan fingerprint density at radius 2 is 1.76 bits per heavy atom. The third-order valence-electron chi connectivity index (χ3n) is 4.69. The summed E-state index contributed by atoms with van der Waals surface area (Å²) in [5.74, 6) is -0.0950. The van der Waals surface area contributed by atoms with Gasteiger partial charge < -0.3 is 11.1 Å². The van der Waals surface area contributed by atoms with E-state index in [2.05, 4.69) is 22.3 Å². The number of hydrogen-bond donors (Lipinski definition) is 2. The summed E-state index contributed by atoms with van der Waals surface area (Å²) in [5.41, 5.74) is 8.17. The van der Waals surface area contributed by atoms with E-state index >= 15 is 0 Å². The van der Waals surface area contributed by atoms with Gasteiger partial charge in [0.25, 0.3) is 0 Å². The minimum Gasteiger partial charge on any atom is -0.352 e. The number of nitrogens with zero attached hydrogens (tertiary/aromatic N) is 1. The molecule has 1 aliphatic heterocycles. The van der Waals surface area contributed by atoms with Gasteiger partial charge in [-0.05, 0) is 36.1 Å². The molecular weight excluding hydrogens is 334 g/mol. The van der Waals surface area contributed by atoms with Gasteiger partial charge in [0.15, 0.2) is 0 Å². The third kappa shape index (κ3) is 5.05. The van der Waals surface area contributed by atoms with Crippen LogP contribution in [0.2, 0.25) is 5.02 Å². The highest BCUT2D eigenvalue weighted by atomic mass is 35.5. The number of hydrogen-bond acceptors (Lipinski definition) is 3. The second kappa shape index (κ2) is 8.48. The maximum atomic E-state index is 12.4. The molecule has 1 heterocycles. The Bertz CT molecular complexity index is 682. The first-order valence-electron chi connectivity index (χ1n) is 8.69. The molecule has 5 heteroatoms.